The SMILES string of the molecule is COc1ccc(Cc2nnc(NC(=O)C3CC(=O)N(c4cc(C)cc(C)c4)C3)s2)cc1OC. The third kappa shape index (κ3) is 5.14. The number of nitrogens with one attached hydrogen (secondary N) is 1. The predicted molar refractivity (Wildman–Crippen MR) is 127 cm³/mol. The molecule has 9 heteroatoms. The molecule has 3 aromatic rings. The van der Waals surface area contributed by atoms with Gasteiger partial charge in [0.2, 0.25) is 16.9 Å². The molecule has 1 atom stereocenters. The molecule has 1 aliphatic heterocycles. The fourth-order valence-corrected chi connectivity index (χ4v) is 4.76. The summed E-state index contributed by atoms with van der Waals surface area (Å²) >= 11 is 1.32. The van der Waals surface area contributed by atoms with Crippen LogP contribution in [0, 0.1) is 19.8 Å². The zero-order valence-corrected chi connectivity index (χ0v) is 19.9. The second-order valence-electron chi connectivity index (χ2n) is 8.11. The van der Waals surface area contributed by atoms with Crippen molar-refractivity contribution in [3.63, 3.8) is 0 Å². The normalized spacial score (nSPS) is 15.6. The minimum atomic E-state index is -0.434. The molecule has 2 aromatic carbocycles. The van der Waals surface area contributed by atoms with Gasteiger partial charge in [0.15, 0.2) is 11.5 Å². The highest BCUT2D eigenvalue weighted by Gasteiger charge is 2.35. The molecule has 1 saturated heterocycles. The fourth-order valence-electron chi connectivity index (χ4n) is 3.99. The second-order valence-corrected chi connectivity index (χ2v) is 9.17. The van der Waals surface area contributed by atoms with Crippen molar-refractivity contribution in [2.45, 2.75) is 26.7 Å². The molecule has 0 radical (unpaired) electrons. The quantitative estimate of drug-likeness (QED) is 0.570. The standard InChI is InChI=1S/C24H26N4O4S/c1-14-7-15(2)9-18(8-14)28-13-17(12-22(28)29)23(30)25-24-27-26-21(33-24)11-16-5-6-19(31-3)20(10-16)32-4/h5-10,17H,11-13H2,1-4H3,(H,25,27,30). The van der Waals surface area contributed by atoms with Crippen LogP contribution in [0.1, 0.15) is 28.1 Å². The largest absolute Gasteiger partial charge is 0.493 e. The lowest BCUT2D eigenvalue weighted by Gasteiger charge is -2.18. The molecule has 1 aromatic heterocycles. The Morgan fingerprint density at radius 2 is 1.82 bits per heavy atom. The Labute approximate surface area is 196 Å². The highest BCUT2D eigenvalue weighted by molar-refractivity contribution is 7.15. The van der Waals surface area contributed by atoms with E-state index in [1.165, 1.54) is 11.3 Å². The maximum atomic E-state index is 12.8. The van der Waals surface area contributed by atoms with Crippen molar-refractivity contribution in [1.29, 1.82) is 0 Å². The van der Waals surface area contributed by atoms with Crippen LogP contribution < -0.4 is 19.7 Å². The number of anilines is 2. The van der Waals surface area contributed by atoms with E-state index in [9.17, 15) is 9.59 Å². The number of hydrogen-bond acceptors (Lipinski definition) is 7. The first-order chi connectivity index (χ1) is 15.9. The molecule has 1 aliphatic rings. The number of carbonyl (C=O) groups is 2. The number of aromatic nitrogens is 2. The average molecular weight is 467 g/mol. The lowest BCUT2D eigenvalue weighted by atomic mass is 10.1. The predicted octanol–water partition coefficient (Wildman–Crippen LogP) is 3.75. The number of hydrogen-bond donors (Lipinski definition) is 1. The molecule has 2 amide bonds. The molecule has 1 N–H and O–H groups in total. The number of benzene rings is 2. The van der Waals surface area contributed by atoms with E-state index < -0.39 is 5.92 Å². The van der Waals surface area contributed by atoms with Crippen LogP contribution in [0.4, 0.5) is 10.8 Å². The van der Waals surface area contributed by atoms with E-state index in [0.29, 0.717) is 29.6 Å². The van der Waals surface area contributed by atoms with Gasteiger partial charge >= 0.3 is 0 Å². The van der Waals surface area contributed by atoms with Gasteiger partial charge < -0.3 is 19.7 Å². The van der Waals surface area contributed by atoms with Crippen LogP contribution in [-0.4, -0.2) is 42.8 Å². The monoisotopic (exact) mass is 466 g/mol. The highest BCUT2D eigenvalue weighted by atomic mass is 32.1. The molecule has 33 heavy (non-hydrogen) atoms. The van der Waals surface area contributed by atoms with Crippen molar-refractivity contribution in [2.75, 3.05) is 31.0 Å². The van der Waals surface area contributed by atoms with Gasteiger partial charge in [-0.25, -0.2) is 0 Å². The van der Waals surface area contributed by atoms with Gasteiger partial charge in [0.25, 0.3) is 0 Å². The minimum Gasteiger partial charge on any atom is -0.493 e. The molecule has 2 heterocycles. The summed E-state index contributed by atoms with van der Waals surface area (Å²) in [6.45, 7) is 4.34. The van der Waals surface area contributed by atoms with Crippen molar-refractivity contribution in [3.05, 3.63) is 58.1 Å². The first-order valence-corrected chi connectivity index (χ1v) is 11.4. The Bertz CT molecular complexity index is 1170. The number of amides is 2. The molecule has 0 aliphatic carbocycles. The lowest BCUT2D eigenvalue weighted by Crippen LogP contribution is -2.28. The second kappa shape index (κ2) is 9.58. The molecule has 8 nitrogen and oxygen atoms in total. The Morgan fingerprint density at radius 3 is 2.52 bits per heavy atom. The van der Waals surface area contributed by atoms with E-state index in [0.717, 1.165) is 27.4 Å². The minimum absolute atomic E-state index is 0.0495. The van der Waals surface area contributed by atoms with Crippen molar-refractivity contribution in [1.82, 2.24) is 10.2 Å². The first kappa shape index (κ1) is 22.7. The van der Waals surface area contributed by atoms with Crippen LogP contribution in [0.2, 0.25) is 0 Å². The van der Waals surface area contributed by atoms with E-state index in [1.54, 1.807) is 19.1 Å². The van der Waals surface area contributed by atoms with Crippen LogP contribution in [0.5, 0.6) is 11.5 Å². The first-order valence-electron chi connectivity index (χ1n) is 10.6. The number of carbonyl (C=O) groups excluding carboxylic acids is 2. The van der Waals surface area contributed by atoms with Gasteiger partial charge in [-0.3, -0.25) is 9.59 Å². The molecule has 0 spiro atoms. The topological polar surface area (TPSA) is 93.7 Å². The molecule has 0 bridgehead atoms. The van der Waals surface area contributed by atoms with Crippen molar-refractivity contribution in [3.8, 4) is 11.5 Å². The fraction of sp³-hybridized carbons (Fsp3) is 0.333. The summed E-state index contributed by atoms with van der Waals surface area (Å²) in [6.07, 6.45) is 0.729. The molecule has 1 unspecified atom stereocenters. The molecular formula is C24H26N4O4S. The van der Waals surface area contributed by atoms with Gasteiger partial charge in [0.05, 0.1) is 20.1 Å². The van der Waals surface area contributed by atoms with Gasteiger partial charge in [-0.15, -0.1) is 10.2 Å². The Balaban J connectivity index is 1.39. The Hall–Kier alpha value is -3.46. The third-order valence-electron chi connectivity index (χ3n) is 5.51. The van der Waals surface area contributed by atoms with Crippen LogP contribution in [0.15, 0.2) is 36.4 Å². The summed E-state index contributed by atoms with van der Waals surface area (Å²) in [6, 6.07) is 11.7. The highest BCUT2D eigenvalue weighted by Crippen LogP contribution is 2.30. The summed E-state index contributed by atoms with van der Waals surface area (Å²) in [5.41, 5.74) is 4.00. The van der Waals surface area contributed by atoms with E-state index >= 15 is 0 Å². The molecular weight excluding hydrogens is 440 g/mol. The third-order valence-corrected chi connectivity index (χ3v) is 6.35. The van der Waals surface area contributed by atoms with Crippen LogP contribution >= 0.6 is 11.3 Å². The van der Waals surface area contributed by atoms with Gasteiger partial charge in [-0.1, -0.05) is 23.5 Å². The summed E-state index contributed by atoms with van der Waals surface area (Å²) < 4.78 is 10.6. The summed E-state index contributed by atoms with van der Waals surface area (Å²) in [5.74, 6) is 0.604. The molecule has 4 rings (SSSR count). The van der Waals surface area contributed by atoms with E-state index in [1.807, 2.05) is 44.2 Å². The summed E-state index contributed by atoms with van der Waals surface area (Å²) in [4.78, 5) is 27.1. The number of ether oxygens (including phenoxy) is 2. The van der Waals surface area contributed by atoms with Gasteiger partial charge in [-0.05, 0) is 54.8 Å². The van der Waals surface area contributed by atoms with Crippen molar-refractivity contribution in [2.24, 2.45) is 5.92 Å². The number of nitrogens with zero attached hydrogens (tertiary/aromatic N) is 3. The average Bonchev–Trinajstić information content (AvgIpc) is 3.39. The Kier molecular flexibility index (Phi) is 6.60. The van der Waals surface area contributed by atoms with Crippen LogP contribution in [-0.2, 0) is 16.0 Å². The van der Waals surface area contributed by atoms with Crippen LogP contribution in [0.3, 0.4) is 0 Å². The lowest BCUT2D eigenvalue weighted by molar-refractivity contribution is -0.122. The van der Waals surface area contributed by atoms with E-state index in [-0.39, 0.29) is 18.2 Å². The number of aryl methyl sites for hydroxylation is 2. The maximum Gasteiger partial charge on any atom is 0.231 e. The Morgan fingerprint density at radius 1 is 1.09 bits per heavy atom. The zero-order chi connectivity index (χ0) is 23.5. The van der Waals surface area contributed by atoms with Crippen LogP contribution in [0.25, 0.3) is 0 Å². The van der Waals surface area contributed by atoms with Gasteiger partial charge in [0.1, 0.15) is 5.01 Å². The van der Waals surface area contributed by atoms with E-state index in [4.69, 9.17) is 9.47 Å². The van der Waals surface area contributed by atoms with Gasteiger partial charge in [0, 0.05) is 25.1 Å². The van der Waals surface area contributed by atoms with Crippen molar-refractivity contribution >= 4 is 34.0 Å². The number of methoxy groups -OCH3 is 2. The number of rotatable bonds is 7. The smallest absolute Gasteiger partial charge is 0.231 e. The zero-order valence-electron chi connectivity index (χ0n) is 19.0. The molecule has 0 saturated carbocycles. The molecule has 1 fully saturated rings. The summed E-state index contributed by atoms with van der Waals surface area (Å²) in [7, 11) is 3.19. The van der Waals surface area contributed by atoms with Gasteiger partial charge in [-0.2, -0.15) is 0 Å². The maximum absolute atomic E-state index is 12.8. The van der Waals surface area contributed by atoms with Crippen molar-refractivity contribution < 1.29 is 19.1 Å². The summed E-state index contributed by atoms with van der Waals surface area (Å²) in [5, 5.41) is 12.3. The molecule has 172 valence electrons. The van der Waals surface area contributed by atoms with E-state index in [2.05, 4.69) is 21.6 Å².